The molecule has 1 aromatic carbocycles. The topological polar surface area (TPSA) is 111 Å². The van der Waals surface area contributed by atoms with Gasteiger partial charge in [-0.25, -0.2) is 17.2 Å². The number of rotatable bonds is 10. The summed E-state index contributed by atoms with van der Waals surface area (Å²) in [6.45, 7) is 4.33. The highest BCUT2D eigenvalue weighted by atomic mass is 32.2. The van der Waals surface area contributed by atoms with Crippen molar-refractivity contribution in [3.05, 3.63) is 71.8 Å². The molecule has 0 aliphatic heterocycles. The van der Waals surface area contributed by atoms with E-state index in [9.17, 15) is 26.8 Å². The van der Waals surface area contributed by atoms with Crippen molar-refractivity contribution in [3.8, 4) is 0 Å². The molecule has 0 aliphatic rings. The normalized spacial score (nSPS) is 12.1. The number of halogens is 2. The Morgan fingerprint density at radius 3 is 2.34 bits per heavy atom. The summed E-state index contributed by atoms with van der Waals surface area (Å²) in [7, 11) is -3.31. The minimum absolute atomic E-state index is 0.00213. The number of aromatic nitrogens is 3. The monoisotopic (exact) mass is 504 g/mol. The summed E-state index contributed by atoms with van der Waals surface area (Å²) in [5.41, 5.74) is 0.628. The molecule has 0 saturated heterocycles. The van der Waals surface area contributed by atoms with Gasteiger partial charge >= 0.3 is 0 Å². The number of hydrogen-bond acceptors (Lipinski definition) is 6. The molecule has 0 radical (unpaired) electrons. The van der Waals surface area contributed by atoms with Crippen LogP contribution in [0.25, 0.3) is 0 Å². The second kappa shape index (κ2) is 10.4. The predicted octanol–water partition coefficient (Wildman–Crippen LogP) is 3.68. The van der Waals surface area contributed by atoms with Gasteiger partial charge in [0, 0.05) is 11.8 Å². The van der Waals surface area contributed by atoms with Crippen LogP contribution in [-0.2, 0) is 33.0 Å². The number of anilines is 1. The number of sulfone groups is 1. The predicted molar refractivity (Wildman–Crippen MR) is 126 cm³/mol. The van der Waals surface area contributed by atoms with Crippen molar-refractivity contribution in [2.75, 3.05) is 11.1 Å². The summed E-state index contributed by atoms with van der Waals surface area (Å²) in [6.07, 6.45) is 1.64. The first-order chi connectivity index (χ1) is 16.4. The molecular formula is C24H26F2N4O4S. The van der Waals surface area contributed by atoms with Crippen LogP contribution in [-0.4, -0.2) is 47.1 Å². The zero-order chi connectivity index (χ0) is 25.8. The molecule has 3 rings (SSSR count). The molecule has 0 fully saturated rings. The van der Waals surface area contributed by atoms with Crippen LogP contribution in [0.4, 0.5) is 14.5 Å². The first kappa shape index (κ1) is 26.1. The molecule has 2 aromatic heterocycles. The number of Topliss-reactive ketones (excluding diaryl/α,β-unsaturated/α-hetero) is 1. The zero-order valence-corrected chi connectivity index (χ0v) is 20.4. The number of alkyl halides is 2. The largest absolute Gasteiger partial charge is 0.324 e. The Kier molecular flexibility index (Phi) is 7.79. The minimum atomic E-state index is -3.31. The van der Waals surface area contributed by atoms with E-state index in [4.69, 9.17) is 0 Å². The molecule has 11 heteroatoms. The Hall–Kier alpha value is -3.47. The summed E-state index contributed by atoms with van der Waals surface area (Å²) in [6, 6.07) is 9.16. The number of carbonyl (C=O) groups excluding carboxylic acids is 2. The molecule has 0 aliphatic carbocycles. The van der Waals surface area contributed by atoms with Gasteiger partial charge in [-0.15, -0.1) is 0 Å². The summed E-state index contributed by atoms with van der Waals surface area (Å²) < 4.78 is 50.0. The molecule has 0 saturated carbocycles. The van der Waals surface area contributed by atoms with Crippen molar-refractivity contribution < 1.29 is 26.8 Å². The van der Waals surface area contributed by atoms with E-state index in [0.717, 1.165) is 4.68 Å². The van der Waals surface area contributed by atoms with Gasteiger partial charge in [0.15, 0.2) is 15.6 Å². The maximum Gasteiger partial charge on any atom is 0.257 e. The van der Waals surface area contributed by atoms with Crippen LogP contribution in [0.2, 0.25) is 0 Å². The third-order valence-electron chi connectivity index (χ3n) is 5.55. The first-order valence-electron chi connectivity index (χ1n) is 10.9. The van der Waals surface area contributed by atoms with E-state index < -0.39 is 28.2 Å². The van der Waals surface area contributed by atoms with Gasteiger partial charge in [0.25, 0.3) is 6.43 Å². The van der Waals surface area contributed by atoms with Crippen LogP contribution in [0.1, 0.15) is 42.4 Å². The maximum absolute atomic E-state index is 13.0. The minimum Gasteiger partial charge on any atom is -0.324 e. The fourth-order valence-corrected chi connectivity index (χ4v) is 4.24. The molecule has 0 unspecified atom stereocenters. The van der Waals surface area contributed by atoms with Gasteiger partial charge in [0.2, 0.25) is 5.91 Å². The van der Waals surface area contributed by atoms with E-state index in [1.807, 2.05) is 0 Å². The van der Waals surface area contributed by atoms with Crippen molar-refractivity contribution in [2.45, 2.75) is 50.5 Å². The second-order valence-electron chi connectivity index (χ2n) is 8.50. The fraction of sp³-hybridized carbons (Fsp3) is 0.333. The Bertz CT molecular complexity index is 1300. The third-order valence-corrected chi connectivity index (χ3v) is 7.31. The fourth-order valence-electron chi connectivity index (χ4n) is 3.35. The molecule has 3 aromatic rings. The van der Waals surface area contributed by atoms with E-state index >= 15 is 0 Å². The lowest BCUT2D eigenvalue weighted by Crippen LogP contribution is -2.29. The highest BCUT2D eigenvalue weighted by molar-refractivity contribution is 7.91. The van der Waals surface area contributed by atoms with Crippen molar-refractivity contribution in [1.82, 2.24) is 14.8 Å². The summed E-state index contributed by atoms with van der Waals surface area (Å²) in [5.74, 6) is -0.657. The van der Waals surface area contributed by atoms with E-state index in [0.29, 0.717) is 16.8 Å². The maximum atomic E-state index is 13.0. The van der Waals surface area contributed by atoms with Crippen LogP contribution in [0, 0.1) is 0 Å². The number of nitrogens with one attached hydrogen (secondary N) is 1. The Morgan fingerprint density at radius 2 is 1.77 bits per heavy atom. The van der Waals surface area contributed by atoms with Gasteiger partial charge < -0.3 is 5.32 Å². The molecule has 35 heavy (non-hydrogen) atoms. The van der Waals surface area contributed by atoms with E-state index in [-0.39, 0.29) is 34.5 Å². The zero-order valence-electron chi connectivity index (χ0n) is 19.5. The molecule has 0 bridgehead atoms. The van der Waals surface area contributed by atoms with Crippen LogP contribution in [0.5, 0.6) is 0 Å². The molecule has 2 heterocycles. The number of amides is 1. The first-order valence-corrected chi connectivity index (χ1v) is 12.5. The standard InChI is InChI=1S/C24H26F2N4O4S/c1-4-35(33,34)19-8-5-16(6-9-19)11-22(31)29-18-7-10-20(27-13-18)23(32)24(2,3)17-12-28-30(14-17)15-21(25)26/h5-10,12-14,21H,4,11,15H2,1-3H3,(H,29,31). The highest BCUT2D eigenvalue weighted by Gasteiger charge is 2.33. The number of ketones is 1. The van der Waals surface area contributed by atoms with Crippen molar-refractivity contribution >= 4 is 27.2 Å². The average molecular weight is 505 g/mol. The van der Waals surface area contributed by atoms with Gasteiger partial charge in [-0.05, 0) is 43.7 Å². The van der Waals surface area contributed by atoms with Gasteiger partial charge in [-0.2, -0.15) is 5.10 Å². The second-order valence-corrected chi connectivity index (χ2v) is 10.8. The smallest absolute Gasteiger partial charge is 0.257 e. The molecule has 8 nitrogen and oxygen atoms in total. The van der Waals surface area contributed by atoms with E-state index in [1.165, 1.54) is 36.8 Å². The molecular weight excluding hydrogens is 478 g/mol. The molecule has 0 spiro atoms. The summed E-state index contributed by atoms with van der Waals surface area (Å²) in [5, 5.41) is 6.58. The van der Waals surface area contributed by atoms with Crippen molar-refractivity contribution in [3.63, 3.8) is 0 Å². The van der Waals surface area contributed by atoms with Crippen LogP contribution >= 0.6 is 0 Å². The van der Waals surface area contributed by atoms with E-state index in [2.05, 4.69) is 15.4 Å². The van der Waals surface area contributed by atoms with Crippen LogP contribution in [0.15, 0.2) is 59.9 Å². The lowest BCUT2D eigenvalue weighted by molar-refractivity contribution is -0.115. The third kappa shape index (κ3) is 6.36. The van der Waals surface area contributed by atoms with Gasteiger partial charge in [-0.1, -0.05) is 19.1 Å². The summed E-state index contributed by atoms with van der Waals surface area (Å²) >= 11 is 0. The summed E-state index contributed by atoms with van der Waals surface area (Å²) in [4.78, 5) is 29.8. The number of carbonyl (C=O) groups is 2. The lowest BCUT2D eigenvalue weighted by Gasteiger charge is -2.21. The van der Waals surface area contributed by atoms with Gasteiger partial charge in [0.05, 0.1) is 40.6 Å². The Labute approximate surface area is 202 Å². The SMILES string of the molecule is CCS(=O)(=O)c1ccc(CC(=O)Nc2ccc(C(=O)C(C)(C)c3cnn(CC(F)F)c3)nc2)cc1. The average Bonchev–Trinajstić information content (AvgIpc) is 3.28. The van der Waals surface area contributed by atoms with Crippen LogP contribution < -0.4 is 5.32 Å². The van der Waals surface area contributed by atoms with Crippen LogP contribution in [0.3, 0.4) is 0 Å². The molecule has 1 N–H and O–H groups in total. The molecule has 0 atom stereocenters. The highest BCUT2D eigenvalue weighted by Crippen LogP contribution is 2.27. The van der Waals surface area contributed by atoms with Gasteiger partial charge in [-0.3, -0.25) is 19.3 Å². The van der Waals surface area contributed by atoms with Crippen molar-refractivity contribution in [2.24, 2.45) is 0 Å². The number of pyridine rings is 1. The number of hydrogen-bond donors (Lipinski definition) is 1. The Balaban J connectivity index is 1.63. The number of nitrogens with zero attached hydrogens (tertiary/aromatic N) is 3. The molecule has 186 valence electrons. The Morgan fingerprint density at radius 1 is 1.09 bits per heavy atom. The molecule has 1 amide bonds. The van der Waals surface area contributed by atoms with E-state index in [1.54, 1.807) is 39.0 Å². The lowest BCUT2D eigenvalue weighted by atomic mass is 9.81. The quantitative estimate of drug-likeness (QED) is 0.422. The van der Waals surface area contributed by atoms with Crippen molar-refractivity contribution in [1.29, 1.82) is 0 Å². The van der Waals surface area contributed by atoms with Gasteiger partial charge in [0.1, 0.15) is 12.2 Å². The number of benzene rings is 1.